The first-order valence-electron chi connectivity index (χ1n) is 16.1. The van der Waals surface area contributed by atoms with E-state index in [1.54, 1.807) is 86.6 Å². The first-order valence-corrected chi connectivity index (χ1v) is 17.6. The molecule has 0 aromatic heterocycles. The number of rotatable bonds is 12. The van der Waals surface area contributed by atoms with E-state index in [4.69, 9.17) is 18.9 Å². The summed E-state index contributed by atoms with van der Waals surface area (Å²) in [6.45, 7) is 14.9. The number of nitrogens with zero attached hydrogens (tertiary/aromatic N) is 1. The first-order chi connectivity index (χ1) is 23.5. The average Bonchev–Trinajstić information content (AvgIpc) is 2.98. The molecule has 0 radical (unpaired) electrons. The van der Waals surface area contributed by atoms with E-state index in [2.05, 4.69) is 31.0 Å². The summed E-state index contributed by atoms with van der Waals surface area (Å²) in [6, 6.07) is 13.3. The van der Waals surface area contributed by atoms with Crippen LogP contribution in [0.5, 0.6) is 0 Å². The minimum Gasteiger partial charge on any atom is -0.445 e. The maximum Gasteiger partial charge on any atom is 0.437 e. The monoisotopic (exact) mass is 734 g/mol. The SMILES string of the molecule is CC(C)(C)OC[C@@H](NC(=O)OCc1ccccc1)C(=O)NCCNS(=O)(=O)c1ccc(N/C(=N/C(=O)OC(C)(C)C)NC(=O)OC(C)(C)C)cc1. The molecule has 2 aromatic carbocycles. The largest absolute Gasteiger partial charge is 0.445 e. The third-order valence-electron chi connectivity index (χ3n) is 5.86. The van der Waals surface area contributed by atoms with Crippen molar-refractivity contribution >= 4 is 45.9 Å². The molecule has 282 valence electrons. The van der Waals surface area contributed by atoms with Crippen LogP contribution in [-0.4, -0.2) is 81.1 Å². The average molecular weight is 735 g/mol. The van der Waals surface area contributed by atoms with Gasteiger partial charge in [0.1, 0.15) is 23.9 Å². The molecule has 4 amide bonds. The minimum atomic E-state index is -4.02. The van der Waals surface area contributed by atoms with Crippen LogP contribution in [0.1, 0.15) is 67.9 Å². The number of carbonyl (C=O) groups is 4. The molecular formula is C34H50N6O10S. The standard InChI is InChI=1S/C34H50N6O10S/c1-32(2,3)48-22-26(38-29(42)47-21-23-13-11-10-12-14-23)27(41)35-19-20-36-51(45,46)25-17-15-24(16-18-25)37-28(39-30(43)49-33(4,5)6)40-31(44)50-34(7,8)9/h10-18,26,36H,19-22H2,1-9H3,(H,35,41)(H,38,42)(H2,37,39,40,43,44)/t26-/m1/s1. The van der Waals surface area contributed by atoms with Crippen molar-refractivity contribution in [3.63, 3.8) is 0 Å². The molecule has 0 heterocycles. The molecule has 1 atom stereocenters. The zero-order valence-electron chi connectivity index (χ0n) is 30.5. The number of benzene rings is 2. The number of sulfonamides is 1. The van der Waals surface area contributed by atoms with Gasteiger partial charge in [-0.3, -0.25) is 10.1 Å². The molecule has 0 saturated carbocycles. The second-order valence-electron chi connectivity index (χ2n) is 14.1. The normalized spacial score (nSPS) is 13.0. The van der Waals surface area contributed by atoms with Crippen LogP contribution in [-0.2, 0) is 40.4 Å². The van der Waals surface area contributed by atoms with Crippen molar-refractivity contribution in [3.05, 3.63) is 60.2 Å². The number of carbonyl (C=O) groups excluding carboxylic acids is 4. The Kier molecular flexibility index (Phi) is 15.4. The summed E-state index contributed by atoms with van der Waals surface area (Å²) in [5, 5.41) is 10.2. The van der Waals surface area contributed by atoms with Crippen LogP contribution in [0.2, 0.25) is 0 Å². The van der Waals surface area contributed by atoms with Crippen LogP contribution in [0, 0.1) is 0 Å². The molecule has 0 aliphatic heterocycles. The summed E-state index contributed by atoms with van der Waals surface area (Å²) < 4.78 is 49.6. The highest BCUT2D eigenvalue weighted by atomic mass is 32.2. The Balaban J connectivity index is 2.01. The number of anilines is 1. The molecule has 5 N–H and O–H groups in total. The predicted octanol–water partition coefficient (Wildman–Crippen LogP) is 4.42. The fourth-order valence-electron chi connectivity index (χ4n) is 3.72. The van der Waals surface area contributed by atoms with Crippen molar-refractivity contribution in [2.75, 3.05) is 25.0 Å². The third-order valence-corrected chi connectivity index (χ3v) is 7.34. The summed E-state index contributed by atoms with van der Waals surface area (Å²) in [5.74, 6) is -0.914. The second kappa shape index (κ2) is 18.5. The summed E-state index contributed by atoms with van der Waals surface area (Å²) >= 11 is 0. The Morgan fingerprint density at radius 1 is 0.765 bits per heavy atom. The number of aliphatic imine (C=N–C) groups is 1. The Labute approximate surface area is 299 Å². The summed E-state index contributed by atoms with van der Waals surface area (Å²) in [5.41, 5.74) is -1.24. The van der Waals surface area contributed by atoms with Crippen LogP contribution >= 0.6 is 0 Å². The van der Waals surface area contributed by atoms with E-state index in [-0.39, 0.29) is 42.8 Å². The van der Waals surface area contributed by atoms with E-state index in [0.29, 0.717) is 0 Å². The zero-order chi connectivity index (χ0) is 38.5. The molecular weight excluding hydrogens is 684 g/mol. The lowest BCUT2D eigenvalue weighted by Gasteiger charge is -2.24. The van der Waals surface area contributed by atoms with Crippen LogP contribution in [0.25, 0.3) is 0 Å². The number of amides is 4. The number of hydrogen-bond acceptors (Lipinski definition) is 10. The molecule has 17 heteroatoms. The zero-order valence-corrected chi connectivity index (χ0v) is 31.4. The Bertz CT molecular complexity index is 1610. The van der Waals surface area contributed by atoms with Gasteiger partial charge in [-0.1, -0.05) is 30.3 Å². The Hall–Kier alpha value is -4.74. The lowest BCUT2D eigenvalue weighted by molar-refractivity contribution is -0.126. The van der Waals surface area contributed by atoms with Gasteiger partial charge in [-0.15, -0.1) is 4.99 Å². The van der Waals surface area contributed by atoms with E-state index >= 15 is 0 Å². The van der Waals surface area contributed by atoms with Gasteiger partial charge in [0.25, 0.3) is 0 Å². The third kappa shape index (κ3) is 18.2. The predicted molar refractivity (Wildman–Crippen MR) is 191 cm³/mol. The number of ether oxygens (including phenoxy) is 4. The van der Waals surface area contributed by atoms with Crippen LogP contribution in [0.3, 0.4) is 0 Å². The molecule has 0 aliphatic carbocycles. The van der Waals surface area contributed by atoms with E-state index in [1.807, 2.05) is 6.07 Å². The van der Waals surface area contributed by atoms with Gasteiger partial charge in [0, 0.05) is 18.8 Å². The van der Waals surface area contributed by atoms with Gasteiger partial charge < -0.3 is 34.9 Å². The van der Waals surface area contributed by atoms with Crippen molar-refractivity contribution in [1.82, 2.24) is 20.7 Å². The van der Waals surface area contributed by atoms with Crippen molar-refractivity contribution in [1.29, 1.82) is 0 Å². The maximum atomic E-state index is 13.0. The van der Waals surface area contributed by atoms with E-state index in [0.717, 1.165) is 5.56 Å². The number of hydrogen-bond donors (Lipinski definition) is 5. The van der Waals surface area contributed by atoms with Crippen LogP contribution < -0.4 is 26.0 Å². The molecule has 0 fully saturated rings. The lowest BCUT2D eigenvalue weighted by atomic mass is 10.2. The fraction of sp³-hybridized carbons (Fsp3) is 0.500. The molecule has 2 rings (SSSR count). The first kappa shape index (κ1) is 42.4. The molecule has 51 heavy (non-hydrogen) atoms. The minimum absolute atomic E-state index is 0.00374. The highest BCUT2D eigenvalue weighted by Gasteiger charge is 2.25. The van der Waals surface area contributed by atoms with Crippen LogP contribution in [0.4, 0.5) is 20.1 Å². The Morgan fingerprint density at radius 2 is 1.37 bits per heavy atom. The van der Waals surface area contributed by atoms with E-state index in [9.17, 15) is 27.6 Å². The summed E-state index contributed by atoms with van der Waals surface area (Å²) in [6.07, 6.45) is -2.69. The lowest BCUT2D eigenvalue weighted by Crippen LogP contribution is -2.51. The summed E-state index contributed by atoms with van der Waals surface area (Å²) in [4.78, 5) is 53.7. The van der Waals surface area contributed by atoms with Gasteiger partial charge in [0.2, 0.25) is 21.9 Å². The van der Waals surface area contributed by atoms with Crippen molar-refractivity contribution in [3.8, 4) is 0 Å². The topological polar surface area (TPSA) is 212 Å². The van der Waals surface area contributed by atoms with Gasteiger partial charge in [-0.05, 0) is 92.1 Å². The molecule has 2 aromatic rings. The van der Waals surface area contributed by atoms with Crippen LogP contribution in [0.15, 0.2) is 64.5 Å². The molecule has 0 spiro atoms. The van der Waals surface area contributed by atoms with Crippen molar-refractivity contribution < 1.29 is 46.5 Å². The fourth-order valence-corrected chi connectivity index (χ4v) is 4.75. The molecule has 0 saturated heterocycles. The number of alkyl carbamates (subject to hydrolysis) is 2. The van der Waals surface area contributed by atoms with Crippen molar-refractivity contribution in [2.45, 2.75) is 96.7 Å². The summed E-state index contributed by atoms with van der Waals surface area (Å²) in [7, 11) is -4.02. The molecule has 16 nitrogen and oxygen atoms in total. The second-order valence-corrected chi connectivity index (χ2v) is 15.9. The molecule has 0 unspecified atom stereocenters. The highest BCUT2D eigenvalue weighted by molar-refractivity contribution is 7.89. The number of nitrogens with one attached hydrogen (secondary N) is 5. The van der Waals surface area contributed by atoms with E-state index in [1.165, 1.54) is 24.3 Å². The van der Waals surface area contributed by atoms with Gasteiger partial charge in [-0.25, -0.2) is 27.5 Å². The highest BCUT2D eigenvalue weighted by Crippen LogP contribution is 2.15. The van der Waals surface area contributed by atoms with Gasteiger partial charge in [0.15, 0.2) is 0 Å². The van der Waals surface area contributed by atoms with Gasteiger partial charge in [-0.2, -0.15) is 0 Å². The van der Waals surface area contributed by atoms with Gasteiger partial charge in [0.05, 0.1) is 17.1 Å². The van der Waals surface area contributed by atoms with Gasteiger partial charge >= 0.3 is 18.3 Å². The maximum absolute atomic E-state index is 13.0. The van der Waals surface area contributed by atoms with Crippen molar-refractivity contribution in [2.24, 2.45) is 4.99 Å². The molecule has 0 bridgehead atoms. The molecule has 0 aliphatic rings. The quantitative estimate of drug-likeness (QED) is 0.0892. The number of guanidine groups is 1. The smallest absolute Gasteiger partial charge is 0.437 e. The Morgan fingerprint density at radius 3 is 1.94 bits per heavy atom. The van der Waals surface area contributed by atoms with E-state index < -0.39 is 57.1 Å².